The molecule has 0 N–H and O–H groups in total. The summed E-state index contributed by atoms with van der Waals surface area (Å²) in [5.74, 6) is 0.581. The normalized spacial score (nSPS) is 25.1. The average molecular weight is 360 g/mol. The van der Waals surface area contributed by atoms with Gasteiger partial charge in [0.1, 0.15) is 5.60 Å². The second kappa shape index (κ2) is 6.85. The van der Waals surface area contributed by atoms with Gasteiger partial charge in [0.05, 0.1) is 5.56 Å². The molecule has 1 amide bonds. The number of anilines is 1. The van der Waals surface area contributed by atoms with E-state index in [9.17, 15) is 9.59 Å². The van der Waals surface area contributed by atoms with E-state index in [4.69, 9.17) is 4.74 Å². The highest BCUT2D eigenvalue weighted by molar-refractivity contribution is 5.97. The Morgan fingerprint density at radius 1 is 1.12 bits per heavy atom. The van der Waals surface area contributed by atoms with Crippen molar-refractivity contribution < 1.29 is 14.3 Å². The van der Waals surface area contributed by atoms with Gasteiger partial charge >= 0.3 is 6.09 Å². The Hall–Kier alpha value is -2.18. The minimum Gasteiger partial charge on any atom is -0.444 e. The predicted octanol–water partition coefficient (Wildman–Crippen LogP) is 2.90. The standard InChI is InChI=1S/C19H28N4O3/c1-19(2,3)26-18(25)23-14-6-7-15(23)9-12(8-14)16(24)13-10-20-17(21-11-13)22(4)5/h10-12,14-15H,6-9H2,1-5H3. The fourth-order valence-corrected chi connectivity index (χ4v) is 3.92. The summed E-state index contributed by atoms with van der Waals surface area (Å²) in [7, 11) is 3.72. The topological polar surface area (TPSA) is 75.6 Å². The third-order valence-corrected chi connectivity index (χ3v) is 5.03. The Labute approximate surface area is 154 Å². The smallest absolute Gasteiger partial charge is 0.410 e. The van der Waals surface area contributed by atoms with Crippen molar-refractivity contribution in [2.45, 2.75) is 64.1 Å². The molecule has 2 saturated heterocycles. The molecule has 2 atom stereocenters. The van der Waals surface area contributed by atoms with Crippen LogP contribution in [0.25, 0.3) is 0 Å². The minimum absolute atomic E-state index is 0.0797. The summed E-state index contributed by atoms with van der Waals surface area (Å²) >= 11 is 0. The maximum Gasteiger partial charge on any atom is 0.410 e. The first-order chi connectivity index (χ1) is 12.2. The van der Waals surface area contributed by atoms with Gasteiger partial charge in [-0.25, -0.2) is 14.8 Å². The lowest BCUT2D eigenvalue weighted by Crippen LogP contribution is -2.49. The summed E-state index contributed by atoms with van der Waals surface area (Å²) in [5, 5.41) is 0. The molecule has 2 aliphatic heterocycles. The molecule has 0 saturated carbocycles. The molecule has 0 aliphatic carbocycles. The van der Waals surface area contributed by atoms with Gasteiger partial charge in [0.15, 0.2) is 5.78 Å². The summed E-state index contributed by atoms with van der Waals surface area (Å²) in [6.45, 7) is 5.63. The number of fused-ring (bicyclic) bond motifs is 2. The molecule has 3 rings (SSSR count). The molecule has 2 unspecified atom stereocenters. The summed E-state index contributed by atoms with van der Waals surface area (Å²) < 4.78 is 5.55. The van der Waals surface area contributed by atoms with E-state index in [1.54, 1.807) is 17.3 Å². The molecule has 2 bridgehead atoms. The number of carbonyl (C=O) groups is 2. The summed E-state index contributed by atoms with van der Waals surface area (Å²) in [6.07, 6.45) is 6.19. The summed E-state index contributed by atoms with van der Waals surface area (Å²) in [6, 6.07) is 0.166. The number of ether oxygens (including phenoxy) is 1. The van der Waals surface area contributed by atoms with E-state index in [-0.39, 0.29) is 29.9 Å². The van der Waals surface area contributed by atoms with Gasteiger partial charge in [0.25, 0.3) is 0 Å². The van der Waals surface area contributed by atoms with Crippen LogP contribution < -0.4 is 4.90 Å². The van der Waals surface area contributed by atoms with Crippen molar-refractivity contribution in [3.63, 3.8) is 0 Å². The van der Waals surface area contributed by atoms with Crippen LogP contribution in [0.4, 0.5) is 10.7 Å². The Balaban J connectivity index is 1.68. The van der Waals surface area contributed by atoms with E-state index in [2.05, 4.69) is 9.97 Å². The van der Waals surface area contributed by atoms with Crippen molar-refractivity contribution in [2.75, 3.05) is 19.0 Å². The van der Waals surface area contributed by atoms with Crippen LogP contribution in [-0.4, -0.2) is 58.5 Å². The Morgan fingerprint density at radius 2 is 1.65 bits per heavy atom. The van der Waals surface area contributed by atoms with Gasteiger partial charge in [-0.3, -0.25) is 4.79 Å². The molecule has 0 radical (unpaired) electrons. The van der Waals surface area contributed by atoms with Crippen LogP contribution >= 0.6 is 0 Å². The first-order valence-corrected chi connectivity index (χ1v) is 9.20. The molecule has 0 aromatic carbocycles. The molecule has 2 aliphatic rings. The van der Waals surface area contributed by atoms with E-state index >= 15 is 0 Å². The first-order valence-electron chi connectivity index (χ1n) is 9.20. The third-order valence-electron chi connectivity index (χ3n) is 5.03. The van der Waals surface area contributed by atoms with Crippen LogP contribution in [0.3, 0.4) is 0 Å². The van der Waals surface area contributed by atoms with Crippen molar-refractivity contribution >= 4 is 17.8 Å². The highest BCUT2D eigenvalue weighted by Crippen LogP contribution is 2.40. The minimum atomic E-state index is -0.505. The molecule has 1 aromatic heterocycles. The van der Waals surface area contributed by atoms with Gasteiger partial charge in [-0.05, 0) is 46.5 Å². The van der Waals surface area contributed by atoms with Crippen molar-refractivity contribution in [3.8, 4) is 0 Å². The predicted molar refractivity (Wildman–Crippen MR) is 98.3 cm³/mol. The van der Waals surface area contributed by atoms with Crippen molar-refractivity contribution in [3.05, 3.63) is 18.0 Å². The van der Waals surface area contributed by atoms with E-state index in [0.29, 0.717) is 24.4 Å². The van der Waals surface area contributed by atoms with Crippen LogP contribution in [0.15, 0.2) is 12.4 Å². The number of piperidine rings is 1. The van der Waals surface area contributed by atoms with E-state index in [0.717, 1.165) is 12.8 Å². The van der Waals surface area contributed by atoms with E-state index < -0.39 is 5.60 Å². The number of rotatable bonds is 3. The molecule has 142 valence electrons. The van der Waals surface area contributed by atoms with E-state index in [1.807, 2.05) is 39.8 Å². The van der Waals surface area contributed by atoms with Crippen LogP contribution in [0.2, 0.25) is 0 Å². The van der Waals surface area contributed by atoms with Gasteiger partial charge in [-0.2, -0.15) is 0 Å². The molecular formula is C19H28N4O3. The Kier molecular flexibility index (Phi) is 4.90. The second-order valence-corrected chi connectivity index (χ2v) is 8.47. The molecule has 0 spiro atoms. The largest absolute Gasteiger partial charge is 0.444 e. The van der Waals surface area contributed by atoms with Crippen molar-refractivity contribution in [1.82, 2.24) is 14.9 Å². The lowest BCUT2D eigenvalue weighted by Gasteiger charge is -2.39. The van der Waals surface area contributed by atoms with E-state index in [1.165, 1.54) is 0 Å². The monoisotopic (exact) mass is 360 g/mol. The maximum absolute atomic E-state index is 12.9. The molecule has 26 heavy (non-hydrogen) atoms. The molecule has 2 fully saturated rings. The van der Waals surface area contributed by atoms with Gasteiger partial charge in [0.2, 0.25) is 5.95 Å². The molecule has 7 nitrogen and oxygen atoms in total. The van der Waals surface area contributed by atoms with Crippen molar-refractivity contribution in [1.29, 1.82) is 0 Å². The average Bonchev–Trinajstić information content (AvgIpc) is 2.83. The number of hydrogen-bond donors (Lipinski definition) is 0. The fraction of sp³-hybridized carbons (Fsp3) is 0.684. The number of nitrogens with zero attached hydrogens (tertiary/aromatic N) is 4. The van der Waals surface area contributed by atoms with Gasteiger partial charge in [0, 0.05) is 44.5 Å². The second-order valence-electron chi connectivity index (χ2n) is 8.47. The van der Waals surface area contributed by atoms with Gasteiger partial charge in [-0.1, -0.05) is 0 Å². The first kappa shape index (κ1) is 18.6. The Bertz CT molecular complexity index is 667. The fourth-order valence-electron chi connectivity index (χ4n) is 3.92. The zero-order chi connectivity index (χ0) is 19.1. The zero-order valence-corrected chi connectivity index (χ0v) is 16.2. The van der Waals surface area contributed by atoms with Crippen LogP contribution in [0, 0.1) is 5.92 Å². The number of amides is 1. The van der Waals surface area contributed by atoms with Crippen molar-refractivity contribution in [2.24, 2.45) is 5.92 Å². The Morgan fingerprint density at radius 3 is 2.12 bits per heavy atom. The number of Topliss-reactive ketones (excluding diaryl/α,β-unsaturated/α-hetero) is 1. The number of carbonyl (C=O) groups excluding carboxylic acids is 2. The van der Waals surface area contributed by atoms with Crippen LogP contribution in [0.5, 0.6) is 0 Å². The molecule has 7 heteroatoms. The molecule has 3 heterocycles. The number of aromatic nitrogens is 2. The highest BCUT2D eigenvalue weighted by atomic mass is 16.6. The van der Waals surface area contributed by atoms with Gasteiger partial charge < -0.3 is 14.5 Å². The van der Waals surface area contributed by atoms with Crippen LogP contribution in [-0.2, 0) is 4.74 Å². The molecule has 1 aromatic rings. The maximum atomic E-state index is 12.9. The van der Waals surface area contributed by atoms with Gasteiger partial charge in [-0.15, -0.1) is 0 Å². The summed E-state index contributed by atoms with van der Waals surface area (Å²) in [5.41, 5.74) is 0.0417. The number of hydrogen-bond acceptors (Lipinski definition) is 6. The zero-order valence-electron chi connectivity index (χ0n) is 16.2. The molecular weight excluding hydrogens is 332 g/mol. The number of ketones is 1. The quantitative estimate of drug-likeness (QED) is 0.772. The summed E-state index contributed by atoms with van der Waals surface area (Å²) in [4.78, 5) is 37.5. The third kappa shape index (κ3) is 3.81. The lowest BCUT2D eigenvalue weighted by molar-refractivity contribution is 0.00253. The van der Waals surface area contributed by atoms with Crippen LogP contribution in [0.1, 0.15) is 56.8 Å². The lowest BCUT2D eigenvalue weighted by atomic mass is 9.85. The highest BCUT2D eigenvalue weighted by Gasteiger charge is 2.46. The SMILES string of the molecule is CN(C)c1ncc(C(=O)C2CC3CCC(C2)N3C(=O)OC(C)(C)C)cn1.